The van der Waals surface area contributed by atoms with Crippen LogP contribution < -0.4 is 10.9 Å². The number of H-pyrrole nitrogens is 1. The maximum atomic E-state index is 13.3. The van der Waals surface area contributed by atoms with Crippen LogP contribution >= 0.6 is 11.8 Å². The summed E-state index contributed by atoms with van der Waals surface area (Å²) >= 11 is 1.10. The molecule has 3 aromatic rings. The third-order valence-corrected chi connectivity index (χ3v) is 4.54. The number of benzene rings is 2. The van der Waals surface area contributed by atoms with Crippen LogP contribution in [0.5, 0.6) is 0 Å². The second-order valence-electron chi connectivity index (χ2n) is 5.70. The summed E-state index contributed by atoms with van der Waals surface area (Å²) in [4.78, 5) is 26.6. The van der Waals surface area contributed by atoms with Crippen molar-refractivity contribution in [2.45, 2.75) is 13.1 Å². The van der Waals surface area contributed by atoms with Gasteiger partial charge in [0.25, 0.3) is 10.8 Å². The Kier molecular flexibility index (Phi) is 5.27. The highest BCUT2D eigenvalue weighted by Crippen LogP contribution is 2.36. The average Bonchev–Trinajstić information content (AvgIpc) is 2.61. The minimum Gasteiger partial charge on any atom is -0.321 e. The van der Waals surface area contributed by atoms with Crippen molar-refractivity contribution in [1.82, 2.24) is 4.98 Å². The molecule has 1 aromatic heterocycles. The van der Waals surface area contributed by atoms with Crippen molar-refractivity contribution < 1.29 is 18.0 Å². The van der Waals surface area contributed by atoms with Gasteiger partial charge in [-0.2, -0.15) is 13.2 Å². The molecule has 140 valence electrons. The monoisotopic (exact) mass is 392 g/mol. The molecule has 27 heavy (non-hydrogen) atoms. The maximum Gasteiger partial charge on any atom is 0.417 e. The summed E-state index contributed by atoms with van der Waals surface area (Å²) in [7, 11) is 0. The highest BCUT2D eigenvalue weighted by atomic mass is 32.2. The quantitative estimate of drug-likeness (QED) is 0.619. The molecule has 0 aliphatic heterocycles. The summed E-state index contributed by atoms with van der Waals surface area (Å²) in [5.74, 6) is 0.613. The van der Waals surface area contributed by atoms with Crippen LogP contribution in [0.15, 0.2) is 53.3 Å². The number of pyridine rings is 1. The van der Waals surface area contributed by atoms with Gasteiger partial charge in [0.15, 0.2) is 0 Å². The number of fused-ring (bicyclic) bond motifs is 1. The summed E-state index contributed by atoms with van der Waals surface area (Å²) in [6, 6.07) is 11.3. The molecule has 2 aromatic carbocycles. The van der Waals surface area contributed by atoms with Gasteiger partial charge in [-0.15, -0.1) is 0 Å². The number of hydrogen-bond donors (Lipinski definition) is 2. The highest BCUT2D eigenvalue weighted by molar-refractivity contribution is 8.13. The minimum absolute atomic E-state index is 0.0822. The number of alkyl halides is 3. The molecule has 8 heteroatoms. The second-order valence-corrected chi connectivity index (χ2v) is 6.94. The van der Waals surface area contributed by atoms with Crippen molar-refractivity contribution in [2.24, 2.45) is 0 Å². The lowest BCUT2D eigenvalue weighted by Crippen LogP contribution is -2.12. The van der Waals surface area contributed by atoms with Gasteiger partial charge in [-0.1, -0.05) is 43.0 Å². The van der Waals surface area contributed by atoms with Crippen molar-refractivity contribution in [3.63, 3.8) is 0 Å². The Morgan fingerprint density at radius 3 is 2.59 bits per heavy atom. The number of anilines is 1. The van der Waals surface area contributed by atoms with Crippen LogP contribution in [0.3, 0.4) is 0 Å². The van der Waals surface area contributed by atoms with E-state index in [-0.39, 0.29) is 21.9 Å². The number of halogens is 3. The molecular weight excluding hydrogens is 377 g/mol. The van der Waals surface area contributed by atoms with Crippen molar-refractivity contribution >= 4 is 33.5 Å². The summed E-state index contributed by atoms with van der Waals surface area (Å²) in [5.41, 5.74) is -0.916. The van der Waals surface area contributed by atoms with Gasteiger partial charge in [-0.3, -0.25) is 9.59 Å². The summed E-state index contributed by atoms with van der Waals surface area (Å²) < 4.78 is 39.8. The Bertz CT molecular complexity index is 1060. The van der Waals surface area contributed by atoms with E-state index in [1.807, 2.05) is 6.92 Å². The van der Waals surface area contributed by atoms with Gasteiger partial charge in [0.2, 0.25) is 0 Å². The molecule has 0 atom stereocenters. The van der Waals surface area contributed by atoms with Gasteiger partial charge in [0, 0.05) is 22.3 Å². The average molecular weight is 392 g/mol. The number of aromatic nitrogens is 1. The Balaban J connectivity index is 2.07. The van der Waals surface area contributed by atoms with Crippen LogP contribution in [0.4, 0.5) is 23.7 Å². The smallest absolute Gasteiger partial charge is 0.321 e. The first-order valence-corrected chi connectivity index (χ1v) is 9.05. The van der Waals surface area contributed by atoms with Gasteiger partial charge in [-0.25, -0.2) is 0 Å². The lowest BCUT2D eigenvalue weighted by molar-refractivity contribution is -0.137. The van der Waals surface area contributed by atoms with Crippen LogP contribution in [0, 0.1) is 0 Å². The Labute approximate surface area is 156 Å². The fraction of sp³-hybridized carbons (Fsp3) is 0.158. The second kappa shape index (κ2) is 7.48. The number of carbonyl (C=O) groups excluding carboxylic acids is 1. The van der Waals surface area contributed by atoms with Crippen LogP contribution in [0.25, 0.3) is 22.0 Å². The molecular formula is C19H15F3N2O2S. The predicted octanol–water partition coefficient (Wildman–Crippen LogP) is 5.50. The molecule has 1 heterocycles. The van der Waals surface area contributed by atoms with Crippen molar-refractivity contribution in [1.29, 1.82) is 0 Å². The fourth-order valence-electron chi connectivity index (χ4n) is 2.73. The highest BCUT2D eigenvalue weighted by Gasteiger charge is 2.33. The van der Waals surface area contributed by atoms with Gasteiger partial charge in [0.05, 0.1) is 5.56 Å². The van der Waals surface area contributed by atoms with Crippen molar-refractivity contribution in [2.75, 3.05) is 11.1 Å². The molecule has 0 saturated carbocycles. The number of amides is 1. The lowest BCUT2D eigenvalue weighted by Gasteiger charge is -2.13. The molecule has 0 fully saturated rings. The zero-order chi connectivity index (χ0) is 19.6. The number of hydrogen-bond acceptors (Lipinski definition) is 3. The van der Waals surface area contributed by atoms with Crippen LogP contribution in [-0.2, 0) is 6.18 Å². The number of aromatic amines is 1. The molecule has 1 amide bonds. The normalized spacial score (nSPS) is 11.6. The minimum atomic E-state index is -4.53. The van der Waals surface area contributed by atoms with Crippen LogP contribution in [0.2, 0.25) is 0 Å². The molecule has 0 spiro atoms. The van der Waals surface area contributed by atoms with Gasteiger partial charge < -0.3 is 10.3 Å². The van der Waals surface area contributed by atoms with E-state index < -0.39 is 17.3 Å². The van der Waals surface area contributed by atoms with Crippen molar-refractivity contribution in [3.05, 3.63) is 64.4 Å². The summed E-state index contributed by atoms with van der Waals surface area (Å²) in [6.07, 6.45) is -4.53. The zero-order valence-electron chi connectivity index (χ0n) is 14.2. The predicted molar refractivity (Wildman–Crippen MR) is 102 cm³/mol. The van der Waals surface area contributed by atoms with Gasteiger partial charge in [0.1, 0.15) is 0 Å². The Hall–Kier alpha value is -2.74. The number of nitrogens with one attached hydrogen (secondary N) is 2. The van der Waals surface area contributed by atoms with E-state index in [0.29, 0.717) is 16.8 Å². The molecule has 4 nitrogen and oxygen atoms in total. The molecule has 0 aliphatic rings. The molecule has 3 rings (SSSR count). The zero-order valence-corrected chi connectivity index (χ0v) is 15.0. The van der Waals surface area contributed by atoms with E-state index in [4.69, 9.17) is 0 Å². The first-order valence-electron chi connectivity index (χ1n) is 8.07. The van der Waals surface area contributed by atoms with E-state index in [0.717, 1.165) is 17.8 Å². The SMILES string of the molecule is CCSC(=O)Nc1ccc2cc(-c3ccccc3C(F)(F)F)[nH]c(=O)c2c1. The van der Waals surface area contributed by atoms with E-state index in [2.05, 4.69) is 10.3 Å². The number of carbonyl (C=O) groups is 1. The van der Waals surface area contributed by atoms with E-state index in [1.54, 1.807) is 12.1 Å². The van der Waals surface area contributed by atoms with Gasteiger partial charge in [-0.05, 0) is 35.4 Å². The van der Waals surface area contributed by atoms with E-state index in [9.17, 15) is 22.8 Å². The van der Waals surface area contributed by atoms with Crippen LogP contribution in [-0.4, -0.2) is 16.0 Å². The molecule has 0 unspecified atom stereocenters. The van der Waals surface area contributed by atoms with Gasteiger partial charge >= 0.3 is 6.18 Å². The summed E-state index contributed by atoms with van der Waals surface area (Å²) in [6.45, 7) is 1.84. The standard InChI is InChI=1S/C19H15F3N2O2S/c1-2-27-18(26)23-12-8-7-11-9-16(24-17(25)14(11)10-12)13-5-3-4-6-15(13)19(20,21)22/h3-10H,2H2,1H3,(H,23,26)(H,24,25). The lowest BCUT2D eigenvalue weighted by atomic mass is 10.0. The Morgan fingerprint density at radius 1 is 1.15 bits per heavy atom. The number of thioether (sulfide) groups is 1. The van der Waals surface area contributed by atoms with Crippen LogP contribution in [0.1, 0.15) is 12.5 Å². The van der Waals surface area contributed by atoms with Crippen molar-refractivity contribution in [3.8, 4) is 11.3 Å². The molecule has 0 aliphatic carbocycles. The largest absolute Gasteiger partial charge is 0.417 e. The first kappa shape index (κ1) is 19.0. The Morgan fingerprint density at radius 2 is 1.89 bits per heavy atom. The fourth-order valence-corrected chi connectivity index (χ4v) is 3.19. The summed E-state index contributed by atoms with van der Waals surface area (Å²) in [5, 5.41) is 3.17. The third-order valence-electron chi connectivity index (χ3n) is 3.89. The van der Waals surface area contributed by atoms with E-state index in [1.165, 1.54) is 30.3 Å². The molecule has 2 N–H and O–H groups in total. The topological polar surface area (TPSA) is 62.0 Å². The third kappa shape index (κ3) is 4.16. The molecule has 0 bridgehead atoms. The van der Waals surface area contributed by atoms with E-state index >= 15 is 0 Å². The maximum absolute atomic E-state index is 13.3. The first-order chi connectivity index (χ1) is 12.8. The molecule has 0 saturated heterocycles. The number of rotatable bonds is 3. The molecule has 0 radical (unpaired) electrons.